The highest BCUT2D eigenvalue weighted by molar-refractivity contribution is 6.31. The van der Waals surface area contributed by atoms with Crippen molar-refractivity contribution < 1.29 is 9.53 Å². The lowest BCUT2D eigenvalue weighted by Crippen LogP contribution is -2.37. The van der Waals surface area contributed by atoms with E-state index in [0.717, 1.165) is 38.2 Å². The Bertz CT molecular complexity index is 447. The van der Waals surface area contributed by atoms with Gasteiger partial charge in [-0.15, -0.1) is 12.4 Å². The summed E-state index contributed by atoms with van der Waals surface area (Å²) in [4.78, 5) is 13.9. The Hall–Kier alpha value is -0.970. The Kier molecular flexibility index (Phi) is 7.13. The van der Waals surface area contributed by atoms with E-state index in [1.54, 1.807) is 0 Å². The molecule has 2 rings (SSSR count). The number of benzene rings is 1. The van der Waals surface area contributed by atoms with Crippen LogP contribution in [-0.4, -0.2) is 43.6 Å². The van der Waals surface area contributed by atoms with Crippen LogP contribution in [0, 0.1) is 6.92 Å². The van der Waals surface area contributed by atoms with Crippen LogP contribution >= 0.6 is 24.0 Å². The molecular formula is C14H20Cl2N2O2. The van der Waals surface area contributed by atoms with Gasteiger partial charge >= 0.3 is 0 Å². The van der Waals surface area contributed by atoms with Crippen LogP contribution in [0.15, 0.2) is 18.2 Å². The fourth-order valence-electron chi connectivity index (χ4n) is 2.07. The predicted molar refractivity (Wildman–Crippen MR) is 83.0 cm³/mol. The van der Waals surface area contributed by atoms with Crippen molar-refractivity contribution >= 4 is 29.9 Å². The highest BCUT2D eigenvalue weighted by Crippen LogP contribution is 2.24. The predicted octanol–water partition coefficient (Wildman–Crippen LogP) is 2.27. The second-order valence-electron chi connectivity index (χ2n) is 4.64. The quantitative estimate of drug-likeness (QED) is 0.929. The summed E-state index contributed by atoms with van der Waals surface area (Å²) >= 11 is 6.02. The van der Waals surface area contributed by atoms with Gasteiger partial charge in [0.25, 0.3) is 5.91 Å². The molecule has 1 saturated heterocycles. The molecule has 0 bridgehead atoms. The second kappa shape index (κ2) is 8.35. The molecule has 0 saturated carbocycles. The summed E-state index contributed by atoms with van der Waals surface area (Å²) in [5.74, 6) is 0.705. The highest BCUT2D eigenvalue weighted by Gasteiger charge is 2.16. The van der Waals surface area contributed by atoms with Crippen molar-refractivity contribution in [1.82, 2.24) is 10.2 Å². The monoisotopic (exact) mass is 318 g/mol. The van der Waals surface area contributed by atoms with Crippen molar-refractivity contribution in [2.24, 2.45) is 0 Å². The van der Waals surface area contributed by atoms with Gasteiger partial charge in [0.05, 0.1) is 0 Å². The van der Waals surface area contributed by atoms with Gasteiger partial charge < -0.3 is 15.0 Å². The Balaban J connectivity index is 0.00000200. The summed E-state index contributed by atoms with van der Waals surface area (Å²) in [6, 6.07) is 5.47. The van der Waals surface area contributed by atoms with Crippen LogP contribution in [0.1, 0.15) is 12.0 Å². The number of ether oxygens (including phenoxy) is 1. The number of nitrogens with zero attached hydrogens (tertiary/aromatic N) is 1. The van der Waals surface area contributed by atoms with Gasteiger partial charge in [-0.1, -0.05) is 17.7 Å². The summed E-state index contributed by atoms with van der Waals surface area (Å²) in [5, 5.41) is 3.93. The largest absolute Gasteiger partial charge is 0.483 e. The number of amides is 1. The average Bonchev–Trinajstić information content (AvgIpc) is 2.69. The number of halogens is 2. The van der Waals surface area contributed by atoms with E-state index in [-0.39, 0.29) is 24.9 Å². The lowest BCUT2D eigenvalue weighted by atomic mass is 10.2. The fraction of sp³-hybridized carbons (Fsp3) is 0.500. The molecule has 0 aliphatic carbocycles. The molecule has 1 amide bonds. The zero-order chi connectivity index (χ0) is 13.7. The number of hydrogen-bond acceptors (Lipinski definition) is 3. The standard InChI is InChI=1S/C14H19ClN2O2.ClH/c1-11-12(15)4-2-5-13(11)19-10-14(18)17-8-3-6-16-7-9-17;/h2,4-5,16H,3,6-10H2,1H3;1H. The minimum Gasteiger partial charge on any atom is -0.483 e. The van der Waals surface area contributed by atoms with Crippen molar-refractivity contribution in [3.63, 3.8) is 0 Å². The topological polar surface area (TPSA) is 41.6 Å². The maximum atomic E-state index is 12.1. The minimum atomic E-state index is 0. The third kappa shape index (κ3) is 4.54. The fourth-order valence-corrected chi connectivity index (χ4v) is 2.24. The normalized spacial score (nSPS) is 15.2. The lowest BCUT2D eigenvalue weighted by Gasteiger charge is -2.20. The number of carbonyl (C=O) groups is 1. The van der Waals surface area contributed by atoms with Crippen molar-refractivity contribution in [3.05, 3.63) is 28.8 Å². The van der Waals surface area contributed by atoms with Gasteiger partial charge in [0, 0.05) is 30.2 Å². The highest BCUT2D eigenvalue weighted by atomic mass is 35.5. The molecule has 0 radical (unpaired) electrons. The van der Waals surface area contributed by atoms with E-state index in [0.29, 0.717) is 10.8 Å². The summed E-state index contributed by atoms with van der Waals surface area (Å²) < 4.78 is 5.58. The summed E-state index contributed by atoms with van der Waals surface area (Å²) in [6.45, 7) is 5.32. The molecule has 1 aliphatic heterocycles. The third-order valence-corrected chi connectivity index (χ3v) is 3.67. The molecule has 4 nitrogen and oxygen atoms in total. The molecular weight excluding hydrogens is 299 g/mol. The molecule has 1 heterocycles. The Morgan fingerprint density at radius 2 is 2.20 bits per heavy atom. The van der Waals surface area contributed by atoms with Gasteiger partial charge in [-0.3, -0.25) is 4.79 Å². The third-order valence-electron chi connectivity index (χ3n) is 3.26. The Labute approximate surface area is 130 Å². The molecule has 0 unspecified atom stereocenters. The number of hydrogen-bond donors (Lipinski definition) is 1. The van der Waals surface area contributed by atoms with Crippen molar-refractivity contribution in [2.45, 2.75) is 13.3 Å². The molecule has 1 aromatic rings. The van der Waals surface area contributed by atoms with E-state index in [2.05, 4.69) is 5.32 Å². The van der Waals surface area contributed by atoms with Gasteiger partial charge in [0.1, 0.15) is 5.75 Å². The first-order valence-corrected chi connectivity index (χ1v) is 6.92. The van der Waals surface area contributed by atoms with Gasteiger partial charge in [0.2, 0.25) is 0 Å². The van der Waals surface area contributed by atoms with Crippen molar-refractivity contribution in [3.8, 4) is 5.75 Å². The molecule has 112 valence electrons. The Morgan fingerprint density at radius 1 is 1.40 bits per heavy atom. The van der Waals surface area contributed by atoms with Gasteiger partial charge in [0.15, 0.2) is 6.61 Å². The van der Waals surface area contributed by atoms with E-state index < -0.39 is 0 Å². The van der Waals surface area contributed by atoms with Crippen LogP contribution in [-0.2, 0) is 4.79 Å². The van der Waals surface area contributed by atoms with E-state index in [9.17, 15) is 4.79 Å². The Morgan fingerprint density at radius 3 is 3.00 bits per heavy atom. The number of carbonyl (C=O) groups excluding carboxylic acids is 1. The smallest absolute Gasteiger partial charge is 0.260 e. The number of rotatable bonds is 3. The van der Waals surface area contributed by atoms with Crippen molar-refractivity contribution in [2.75, 3.05) is 32.8 Å². The lowest BCUT2D eigenvalue weighted by molar-refractivity contribution is -0.133. The molecule has 1 fully saturated rings. The van der Waals surface area contributed by atoms with E-state index >= 15 is 0 Å². The first-order valence-electron chi connectivity index (χ1n) is 6.55. The number of nitrogens with one attached hydrogen (secondary N) is 1. The van der Waals surface area contributed by atoms with E-state index in [1.807, 2.05) is 30.0 Å². The van der Waals surface area contributed by atoms with E-state index in [1.165, 1.54) is 0 Å². The maximum absolute atomic E-state index is 12.1. The van der Waals surface area contributed by atoms with Crippen LogP contribution in [0.4, 0.5) is 0 Å². The average molecular weight is 319 g/mol. The first-order chi connectivity index (χ1) is 9.18. The van der Waals surface area contributed by atoms with Crippen LogP contribution in [0.25, 0.3) is 0 Å². The van der Waals surface area contributed by atoms with E-state index in [4.69, 9.17) is 16.3 Å². The van der Waals surface area contributed by atoms with Crippen molar-refractivity contribution in [1.29, 1.82) is 0 Å². The van der Waals surface area contributed by atoms with Crippen LogP contribution in [0.2, 0.25) is 5.02 Å². The molecule has 20 heavy (non-hydrogen) atoms. The molecule has 0 spiro atoms. The van der Waals surface area contributed by atoms with Gasteiger partial charge in [-0.05, 0) is 32.0 Å². The van der Waals surface area contributed by atoms with Gasteiger partial charge in [-0.25, -0.2) is 0 Å². The first kappa shape index (κ1) is 17.1. The second-order valence-corrected chi connectivity index (χ2v) is 5.04. The zero-order valence-corrected chi connectivity index (χ0v) is 13.1. The maximum Gasteiger partial charge on any atom is 0.260 e. The van der Waals surface area contributed by atoms with Crippen LogP contribution in [0.5, 0.6) is 5.75 Å². The minimum absolute atomic E-state index is 0. The molecule has 1 aromatic carbocycles. The molecule has 0 aromatic heterocycles. The molecule has 1 aliphatic rings. The van der Waals surface area contributed by atoms with Crippen LogP contribution in [0.3, 0.4) is 0 Å². The van der Waals surface area contributed by atoms with Crippen LogP contribution < -0.4 is 10.1 Å². The molecule has 6 heteroatoms. The SMILES string of the molecule is Cc1c(Cl)cccc1OCC(=O)N1CCCNCC1.Cl. The summed E-state index contributed by atoms with van der Waals surface area (Å²) in [6.07, 6.45) is 0.988. The van der Waals surface area contributed by atoms with Gasteiger partial charge in [-0.2, -0.15) is 0 Å². The molecule has 1 N–H and O–H groups in total. The molecule has 0 atom stereocenters. The summed E-state index contributed by atoms with van der Waals surface area (Å²) in [7, 11) is 0. The zero-order valence-electron chi connectivity index (χ0n) is 11.5. The summed E-state index contributed by atoms with van der Waals surface area (Å²) in [5.41, 5.74) is 0.870.